The van der Waals surface area contributed by atoms with Gasteiger partial charge < -0.3 is 10.1 Å². The van der Waals surface area contributed by atoms with Crippen LogP contribution in [0.1, 0.15) is 15.9 Å². The van der Waals surface area contributed by atoms with Gasteiger partial charge in [-0.25, -0.2) is 0 Å². The molecule has 0 aliphatic heterocycles. The number of hydrogen-bond donors (Lipinski definition) is 1. The van der Waals surface area contributed by atoms with Crippen LogP contribution in [0.15, 0.2) is 72.8 Å². The van der Waals surface area contributed by atoms with Crippen molar-refractivity contribution in [3.63, 3.8) is 0 Å². The zero-order valence-corrected chi connectivity index (χ0v) is 17.7. The van der Waals surface area contributed by atoms with Crippen LogP contribution < -0.4 is 10.1 Å². The molecule has 142 valence electrons. The highest BCUT2D eigenvalue weighted by Crippen LogP contribution is 2.21. The Labute approximate surface area is 182 Å². The molecule has 0 aliphatic carbocycles. The maximum atomic E-state index is 12.6. The van der Waals surface area contributed by atoms with Gasteiger partial charge in [-0.3, -0.25) is 9.59 Å². The van der Waals surface area contributed by atoms with Gasteiger partial charge in [0.1, 0.15) is 12.4 Å². The number of amides is 1. The van der Waals surface area contributed by atoms with Crippen LogP contribution in [0.5, 0.6) is 5.75 Å². The predicted molar refractivity (Wildman–Crippen MR) is 119 cm³/mol. The van der Waals surface area contributed by atoms with E-state index >= 15 is 0 Å². The summed E-state index contributed by atoms with van der Waals surface area (Å²) in [6.07, 6.45) is 0.288. The summed E-state index contributed by atoms with van der Waals surface area (Å²) in [4.78, 5) is 24.8. The first-order valence-electron chi connectivity index (χ1n) is 8.56. The van der Waals surface area contributed by atoms with E-state index in [1.165, 1.54) is 0 Å². The van der Waals surface area contributed by atoms with Crippen LogP contribution in [0.2, 0.25) is 5.02 Å². The maximum absolute atomic E-state index is 12.6. The Bertz CT molecular complexity index is 972. The van der Waals surface area contributed by atoms with Gasteiger partial charge in [0, 0.05) is 20.7 Å². The number of ketones is 1. The molecule has 0 radical (unpaired) electrons. The van der Waals surface area contributed by atoms with Gasteiger partial charge >= 0.3 is 0 Å². The molecular weight excluding hydrogens is 489 g/mol. The van der Waals surface area contributed by atoms with E-state index in [1.807, 2.05) is 24.3 Å². The number of nitrogens with one attached hydrogen (secondary N) is 1. The number of benzene rings is 3. The van der Waals surface area contributed by atoms with E-state index in [0.29, 0.717) is 22.0 Å². The summed E-state index contributed by atoms with van der Waals surface area (Å²) in [5.74, 6) is -0.0120. The van der Waals surface area contributed by atoms with Gasteiger partial charge in [-0.2, -0.15) is 0 Å². The molecule has 0 fully saturated rings. The second-order valence-electron chi connectivity index (χ2n) is 6.09. The monoisotopic (exact) mass is 505 g/mol. The molecule has 0 aliphatic rings. The largest absolute Gasteiger partial charge is 0.485 e. The number of anilines is 1. The highest BCUT2D eigenvalue weighted by molar-refractivity contribution is 14.1. The van der Waals surface area contributed by atoms with Gasteiger partial charge in [-0.15, -0.1) is 0 Å². The predicted octanol–water partition coefficient (Wildman–Crippen LogP) is 5.39. The Morgan fingerprint density at radius 2 is 1.61 bits per heavy atom. The molecule has 0 saturated carbocycles. The Kier molecular flexibility index (Phi) is 7.06. The minimum absolute atomic E-state index is 0.0610. The zero-order chi connectivity index (χ0) is 19.9. The lowest BCUT2D eigenvalue weighted by atomic mass is 10.1. The molecule has 3 aromatic carbocycles. The average Bonchev–Trinajstić information content (AvgIpc) is 2.70. The molecule has 0 unspecified atom stereocenters. The van der Waals surface area contributed by atoms with Crippen molar-refractivity contribution < 1.29 is 14.3 Å². The van der Waals surface area contributed by atoms with Gasteiger partial charge in [0.05, 0.1) is 5.56 Å². The number of hydrogen-bond acceptors (Lipinski definition) is 3. The van der Waals surface area contributed by atoms with Crippen molar-refractivity contribution in [3.05, 3.63) is 92.5 Å². The number of ether oxygens (including phenoxy) is 1. The smallest absolute Gasteiger partial charge is 0.259 e. The first kappa shape index (κ1) is 20.4. The summed E-state index contributed by atoms with van der Waals surface area (Å²) in [6.45, 7) is -0.1000. The molecule has 1 N–H and O–H groups in total. The third-order valence-electron chi connectivity index (χ3n) is 3.94. The molecule has 28 heavy (non-hydrogen) atoms. The Morgan fingerprint density at radius 1 is 0.929 bits per heavy atom. The third-order valence-corrected chi connectivity index (χ3v) is 4.91. The zero-order valence-electron chi connectivity index (χ0n) is 14.8. The van der Waals surface area contributed by atoms with Crippen molar-refractivity contribution in [1.82, 2.24) is 0 Å². The molecule has 0 atom stereocenters. The quantitative estimate of drug-likeness (QED) is 0.438. The molecule has 1 amide bonds. The molecule has 3 rings (SSSR count). The van der Waals surface area contributed by atoms with E-state index in [-0.39, 0.29) is 24.7 Å². The molecule has 3 aromatic rings. The van der Waals surface area contributed by atoms with Gasteiger partial charge in [0.15, 0.2) is 5.78 Å². The van der Waals surface area contributed by atoms with Crippen molar-refractivity contribution in [1.29, 1.82) is 0 Å². The minimum Gasteiger partial charge on any atom is -0.485 e. The maximum Gasteiger partial charge on any atom is 0.259 e. The molecule has 0 heterocycles. The minimum atomic E-state index is -0.317. The van der Waals surface area contributed by atoms with Gasteiger partial charge in [0.25, 0.3) is 5.91 Å². The van der Waals surface area contributed by atoms with Crippen molar-refractivity contribution in [2.45, 2.75) is 6.42 Å². The van der Waals surface area contributed by atoms with E-state index < -0.39 is 0 Å². The molecule has 0 saturated heterocycles. The van der Waals surface area contributed by atoms with Crippen molar-refractivity contribution in [3.8, 4) is 5.75 Å². The standard InChI is InChI=1S/C22H17ClINO3/c23-16-7-11-18(12-8-16)25-22(27)20-3-1-2-4-21(20)28-14-19(26)13-15-5-9-17(24)10-6-15/h1-12H,13-14H2,(H,25,27). The Balaban J connectivity index is 1.63. The summed E-state index contributed by atoms with van der Waals surface area (Å²) in [7, 11) is 0. The average molecular weight is 506 g/mol. The van der Waals surface area contributed by atoms with E-state index in [4.69, 9.17) is 16.3 Å². The number of para-hydroxylation sites is 1. The van der Waals surface area contributed by atoms with Crippen molar-refractivity contribution >= 4 is 51.6 Å². The van der Waals surface area contributed by atoms with Gasteiger partial charge in [0.2, 0.25) is 0 Å². The first-order chi connectivity index (χ1) is 13.5. The van der Waals surface area contributed by atoms with E-state index in [1.54, 1.807) is 48.5 Å². The number of carbonyl (C=O) groups excluding carboxylic acids is 2. The van der Waals surface area contributed by atoms with Crippen LogP contribution >= 0.6 is 34.2 Å². The highest BCUT2D eigenvalue weighted by atomic mass is 127. The van der Waals surface area contributed by atoms with Crippen LogP contribution in [0.3, 0.4) is 0 Å². The number of rotatable bonds is 7. The summed E-state index contributed by atoms with van der Waals surface area (Å²) in [5, 5.41) is 3.39. The summed E-state index contributed by atoms with van der Waals surface area (Å²) in [5.41, 5.74) is 1.92. The molecule has 6 heteroatoms. The van der Waals surface area contributed by atoms with Crippen LogP contribution in [-0.2, 0) is 11.2 Å². The molecule has 0 bridgehead atoms. The van der Waals surface area contributed by atoms with Crippen LogP contribution in [-0.4, -0.2) is 18.3 Å². The lowest BCUT2D eigenvalue weighted by Gasteiger charge is -2.11. The molecular formula is C22H17ClINO3. The molecule has 0 spiro atoms. The van der Waals surface area contributed by atoms with E-state index in [0.717, 1.165) is 9.13 Å². The van der Waals surface area contributed by atoms with Crippen molar-refractivity contribution in [2.75, 3.05) is 11.9 Å². The lowest BCUT2D eigenvalue weighted by Crippen LogP contribution is -2.17. The number of Topliss-reactive ketones (excluding diaryl/α,β-unsaturated/α-hetero) is 1. The topological polar surface area (TPSA) is 55.4 Å². The van der Waals surface area contributed by atoms with Crippen molar-refractivity contribution in [2.24, 2.45) is 0 Å². The van der Waals surface area contributed by atoms with Crippen LogP contribution in [0, 0.1) is 3.57 Å². The SMILES string of the molecule is O=C(COc1ccccc1C(=O)Nc1ccc(Cl)cc1)Cc1ccc(I)cc1. The number of carbonyl (C=O) groups is 2. The number of halogens is 2. The first-order valence-corrected chi connectivity index (χ1v) is 10.0. The Hall–Kier alpha value is -2.38. The van der Waals surface area contributed by atoms with E-state index in [9.17, 15) is 9.59 Å². The van der Waals surface area contributed by atoms with Crippen LogP contribution in [0.4, 0.5) is 5.69 Å². The Morgan fingerprint density at radius 3 is 2.32 bits per heavy atom. The third kappa shape index (κ3) is 5.81. The molecule has 4 nitrogen and oxygen atoms in total. The summed E-state index contributed by atoms with van der Waals surface area (Å²) < 4.78 is 6.76. The second kappa shape index (κ2) is 9.71. The lowest BCUT2D eigenvalue weighted by molar-refractivity contribution is -0.120. The van der Waals surface area contributed by atoms with Gasteiger partial charge in [-0.05, 0) is 76.7 Å². The summed E-state index contributed by atoms with van der Waals surface area (Å²) >= 11 is 8.08. The second-order valence-corrected chi connectivity index (χ2v) is 7.77. The van der Waals surface area contributed by atoms with Crippen LogP contribution in [0.25, 0.3) is 0 Å². The summed E-state index contributed by atoms with van der Waals surface area (Å²) in [6, 6.07) is 21.4. The molecule has 0 aromatic heterocycles. The van der Waals surface area contributed by atoms with Gasteiger partial charge in [-0.1, -0.05) is 35.9 Å². The fourth-order valence-corrected chi connectivity index (χ4v) is 3.04. The fourth-order valence-electron chi connectivity index (χ4n) is 2.55. The normalized spacial score (nSPS) is 10.4. The highest BCUT2D eigenvalue weighted by Gasteiger charge is 2.14. The van der Waals surface area contributed by atoms with E-state index in [2.05, 4.69) is 27.9 Å². The fraction of sp³-hybridized carbons (Fsp3) is 0.0909.